The van der Waals surface area contributed by atoms with Crippen molar-refractivity contribution in [2.45, 2.75) is 58.8 Å². The second-order valence-electron chi connectivity index (χ2n) is 5.33. The summed E-state index contributed by atoms with van der Waals surface area (Å²) in [5.74, 6) is 0. The fourth-order valence-electron chi connectivity index (χ4n) is 2.44. The SMILES string of the molecule is CCCCCCCCc1cc(Br)sc1-c1ccc(C)s1. The van der Waals surface area contributed by atoms with Crippen molar-refractivity contribution in [1.82, 2.24) is 0 Å². The largest absolute Gasteiger partial charge is 0.140 e. The van der Waals surface area contributed by atoms with Gasteiger partial charge in [-0.1, -0.05) is 39.0 Å². The number of hydrogen-bond acceptors (Lipinski definition) is 2. The predicted octanol–water partition coefficient (Wildman–Crippen LogP) is 7.45. The van der Waals surface area contributed by atoms with Crippen molar-refractivity contribution in [1.29, 1.82) is 0 Å². The number of halogens is 1. The van der Waals surface area contributed by atoms with Crippen molar-refractivity contribution in [3.05, 3.63) is 32.4 Å². The lowest BCUT2D eigenvalue weighted by atomic mass is 10.1. The molecule has 0 atom stereocenters. The molecule has 0 saturated heterocycles. The molecular weight excluding hydrogens is 348 g/mol. The molecule has 0 amide bonds. The third-order valence-corrected chi connectivity index (χ3v) is 6.40. The van der Waals surface area contributed by atoms with E-state index in [0.717, 1.165) is 0 Å². The third-order valence-electron chi connectivity index (χ3n) is 3.54. The molecule has 0 fully saturated rings. The Balaban J connectivity index is 1.91. The van der Waals surface area contributed by atoms with Crippen molar-refractivity contribution in [3.63, 3.8) is 0 Å². The number of unbranched alkanes of at least 4 members (excludes halogenated alkanes) is 5. The van der Waals surface area contributed by atoms with Crippen LogP contribution in [0.5, 0.6) is 0 Å². The molecule has 0 unspecified atom stereocenters. The summed E-state index contributed by atoms with van der Waals surface area (Å²) in [5, 5.41) is 0. The number of aryl methyl sites for hydroxylation is 2. The standard InChI is InChI=1S/C17H23BrS2/c1-3-4-5-6-7-8-9-14-12-16(18)20-17(14)15-11-10-13(2)19-15/h10-12H,3-9H2,1-2H3. The highest BCUT2D eigenvalue weighted by Crippen LogP contribution is 2.39. The van der Waals surface area contributed by atoms with Crippen LogP contribution in [0.2, 0.25) is 0 Å². The molecule has 3 heteroatoms. The Hall–Kier alpha value is -0.120. The minimum atomic E-state index is 1.22. The van der Waals surface area contributed by atoms with Crippen LogP contribution in [0.3, 0.4) is 0 Å². The van der Waals surface area contributed by atoms with Gasteiger partial charge in [0.25, 0.3) is 0 Å². The van der Waals surface area contributed by atoms with Gasteiger partial charge in [0.1, 0.15) is 0 Å². The van der Waals surface area contributed by atoms with Crippen molar-refractivity contribution in [3.8, 4) is 9.75 Å². The van der Waals surface area contributed by atoms with E-state index in [0.29, 0.717) is 0 Å². The van der Waals surface area contributed by atoms with E-state index in [2.05, 4.69) is 48.0 Å². The smallest absolute Gasteiger partial charge is 0.0708 e. The van der Waals surface area contributed by atoms with Gasteiger partial charge in [-0.25, -0.2) is 0 Å². The molecule has 20 heavy (non-hydrogen) atoms. The van der Waals surface area contributed by atoms with Crippen LogP contribution in [0.1, 0.15) is 55.9 Å². The van der Waals surface area contributed by atoms with Gasteiger partial charge in [0.2, 0.25) is 0 Å². The maximum absolute atomic E-state index is 3.65. The van der Waals surface area contributed by atoms with Gasteiger partial charge in [-0.2, -0.15) is 0 Å². The van der Waals surface area contributed by atoms with Crippen molar-refractivity contribution >= 4 is 38.6 Å². The Morgan fingerprint density at radius 2 is 1.75 bits per heavy atom. The van der Waals surface area contributed by atoms with Crippen LogP contribution in [0.4, 0.5) is 0 Å². The highest BCUT2D eigenvalue weighted by molar-refractivity contribution is 9.11. The maximum atomic E-state index is 3.65. The van der Waals surface area contributed by atoms with Gasteiger partial charge >= 0.3 is 0 Å². The average molecular weight is 371 g/mol. The van der Waals surface area contributed by atoms with Gasteiger partial charge in [-0.15, -0.1) is 22.7 Å². The topological polar surface area (TPSA) is 0 Å². The molecular formula is C17H23BrS2. The Kier molecular flexibility index (Phi) is 6.79. The Morgan fingerprint density at radius 3 is 2.45 bits per heavy atom. The summed E-state index contributed by atoms with van der Waals surface area (Å²) in [4.78, 5) is 4.30. The van der Waals surface area contributed by atoms with E-state index in [4.69, 9.17) is 0 Å². The first-order chi connectivity index (χ1) is 9.70. The number of thiophene rings is 2. The van der Waals surface area contributed by atoms with Crippen LogP contribution in [0.25, 0.3) is 9.75 Å². The number of rotatable bonds is 8. The summed E-state index contributed by atoms with van der Waals surface area (Å²) in [6, 6.07) is 6.81. The van der Waals surface area contributed by atoms with E-state index < -0.39 is 0 Å². The van der Waals surface area contributed by atoms with Crippen LogP contribution in [-0.4, -0.2) is 0 Å². The summed E-state index contributed by atoms with van der Waals surface area (Å²) < 4.78 is 1.26. The van der Waals surface area contributed by atoms with Crippen molar-refractivity contribution < 1.29 is 0 Å². The summed E-state index contributed by atoms with van der Waals surface area (Å²) in [6.45, 7) is 4.46. The van der Waals surface area contributed by atoms with Gasteiger partial charge in [-0.3, -0.25) is 0 Å². The Morgan fingerprint density at radius 1 is 1.00 bits per heavy atom. The molecule has 2 aromatic rings. The monoisotopic (exact) mass is 370 g/mol. The molecule has 2 aromatic heterocycles. The van der Waals surface area contributed by atoms with Gasteiger partial charge in [-0.05, 0) is 59.5 Å². The van der Waals surface area contributed by atoms with Crippen LogP contribution >= 0.6 is 38.6 Å². The molecule has 2 heterocycles. The van der Waals surface area contributed by atoms with E-state index >= 15 is 0 Å². The van der Waals surface area contributed by atoms with Gasteiger partial charge in [0.15, 0.2) is 0 Å². The first kappa shape index (κ1) is 16.3. The molecule has 0 bridgehead atoms. The Bertz CT molecular complexity index is 525. The quantitative estimate of drug-likeness (QED) is 0.423. The minimum absolute atomic E-state index is 1.22. The lowest BCUT2D eigenvalue weighted by Crippen LogP contribution is -1.86. The molecule has 2 rings (SSSR count). The molecule has 0 N–H and O–H groups in total. The van der Waals surface area contributed by atoms with Crippen LogP contribution in [-0.2, 0) is 6.42 Å². The first-order valence-corrected chi connectivity index (χ1v) is 9.98. The molecule has 110 valence electrons. The zero-order chi connectivity index (χ0) is 14.4. The van der Waals surface area contributed by atoms with Gasteiger partial charge in [0.05, 0.1) is 3.79 Å². The van der Waals surface area contributed by atoms with Crippen LogP contribution < -0.4 is 0 Å². The molecule has 0 aliphatic carbocycles. The van der Waals surface area contributed by atoms with Crippen LogP contribution in [0, 0.1) is 6.92 Å². The van der Waals surface area contributed by atoms with Gasteiger partial charge in [0, 0.05) is 14.6 Å². The summed E-state index contributed by atoms with van der Waals surface area (Å²) in [6.07, 6.45) is 9.44. The number of hydrogen-bond donors (Lipinski definition) is 0. The maximum Gasteiger partial charge on any atom is 0.0708 e. The van der Waals surface area contributed by atoms with E-state index in [-0.39, 0.29) is 0 Å². The first-order valence-electron chi connectivity index (χ1n) is 7.55. The molecule has 0 radical (unpaired) electrons. The van der Waals surface area contributed by atoms with Crippen molar-refractivity contribution in [2.75, 3.05) is 0 Å². The van der Waals surface area contributed by atoms with E-state index in [1.165, 1.54) is 68.9 Å². The molecule has 0 aliphatic heterocycles. The minimum Gasteiger partial charge on any atom is -0.140 e. The predicted molar refractivity (Wildman–Crippen MR) is 97.1 cm³/mol. The highest BCUT2D eigenvalue weighted by Gasteiger charge is 2.11. The van der Waals surface area contributed by atoms with Crippen molar-refractivity contribution in [2.24, 2.45) is 0 Å². The van der Waals surface area contributed by atoms with E-state index in [1.807, 2.05) is 22.7 Å². The second-order valence-corrected chi connectivity index (χ2v) is 9.05. The normalized spacial score (nSPS) is 11.2. The molecule has 0 aliphatic rings. The fraction of sp³-hybridized carbons (Fsp3) is 0.529. The lowest BCUT2D eigenvalue weighted by molar-refractivity contribution is 0.608. The molecule has 0 aromatic carbocycles. The summed E-state index contributed by atoms with van der Waals surface area (Å²) >= 11 is 7.44. The zero-order valence-corrected chi connectivity index (χ0v) is 15.6. The zero-order valence-electron chi connectivity index (χ0n) is 12.4. The van der Waals surface area contributed by atoms with E-state index in [9.17, 15) is 0 Å². The highest BCUT2D eigenvalue weighted by atomic mass is 79.9. The second kappa shape index (κ2) is 8.35. The third kappa shape index (κ3) is 4.71. The molecule has 0 spiro atoms. The van der Waals surface area contributed by atoms with E-state index in [1.54, 1.807) is 0 Å². The molecule has 0 saturated carbocycles. The fourth-order valence-corrected chi connectivity index (χ4v) is 5.15. The Labute approximate surface area is 139 Å². The summed E-state index contributed by atoms with van der Waals surface area (Å²) in [5.41, 5.74) is 1.53. The lowest BCUT2D eigenvalue weighted by Gasteiger charge is -2.02. The average Bonchev–Trinajstić information content (AvgIpc) is 3.00. The van der Waals surface area contributed by atoms with Gasteiger partial charge < -0.3 is 0 Å². The summed E-state index contributed by atoms with van der Waals surface area (Å²) in [7, 11) is 0. The molecule has 0 nitrogen and oxygen atoms in total. The van der Waals surface area contributed by atoms with Crippen LogP contribution in [0.15, 0.2) is 22.0 Å².